The summed E-state index contributed by atoms with van der Waals surface area (Å²) in [5.74, 6) is 1.39. The van der Waals surface area contributed by atoms with Crippen LogP contribution in [-0.2, 0) is 11.3 Å². The fourth-order valence-electron chi connectivity index (χ4n) is 2.31. The molecule has 1 aliphatic rings. The van der Waals surface area contributed by atoms with Crippen molar-refractivity contribution in [3.8, 4) is 5.75 Å². The quantitative estimate of drug-likeness (QED) is 0.825. The monoisotopic (exact) mass is 259 g/mol. The number of ether oxygens (including phenoxy) is 1. The van der Waals surface area contributed by atoms with Gasteiger partial charge in [0.1, 0.15) is 5.75 Å². The van der Waals surface area contributed by atoms with Gasteiger partial charge >= 0.3 is 0 Å². The number of carbonyl (C=O) groups excluding carboxylic acids is 1. The van der Waals surface area contributed by atoms with Gasteiger partial charge in [-0.25, -0.2) is 0 Å². The molecule has 0 fully saturated rings. The fourth-order valence-corrected chi connectivity index (χ4v) is 2.31. The van der Waals surface area contributed by atoms with Crippen LogP contribution in [0.5, 0.6) is 5.75 Å². The molecular weight excluding hydrogens is 238 g/mol. The molecule has 0 heterocycles. The molecule has 102 valence electrons. The third kappa shape index (κ3) is 4.43. The summed E-state index contributed by atoms with van der Waals surface area (Å²) >= 11 is 0. The number of methoxy groups -OCH3 is 1. The molecule has 1 aromatic carbocycles. The molecular formula is C16H21NO2. The van der Waals surface area contributed by atoms with Crippen LogP contribution in [-0.4, -0.2) is 13.0 Å². The van der Waals surface area contributed by atoms with Crippen molar-refractivity contribution in [1.29, 1.82) is 0 Å². The lowest BCUT2D eigenvalue weighted by molar-refractivity contribution is -0.121. The second-order valence-electron chi connectivity index (χ2n) is 4.95. The lowest BCUT2D eigenvalue weighted by Crippen LogP contribution is -2.25. The van der Waals surface area contributed by atoms with Crippen LogP contribution in [0.3, 0.4) is 0 Å². The Balaban J connectivity index is 1.76. The molecule has 2 rings (SSSR count). The first-order valence-corrected chi connectivity index (χ1v) is 6.84. The van der Waals surface area contributed by atoms with Gasteiger partial charge in [0.15, 0.2) is 0 Å². The zero-order valence-corrected chi connectivity index (χ0v) is 11.4. The van der Waals surface area contributed by atoms with Gasteiger partial charge in [-0.3, -0.25) is 4.79 Å². The Kier molecular flexibility index (Phi) is 5.01. The van der Waals surface area contributed by atoms with Crippen molar-refractivity contribution < 1.29 is 9.53 Å². The first-order chi connectivity index (χ1) is 9.28. The van der Waals surface area contributed by atoms with Crippen LogP contribution in [0.1, 0.15) is 31.2 Å². The molecule has 0 aliphatic heterocycles. The minimum absolute atomic E-state index is 0.132. The summed E-state index contributed by atoms with van der Waals surface area (Å²) < 4.78 is 5.10. The molecule has 1 unspecified atom stereocenters. The molecule has 1 aromatic rings. The second-order valence-corrected chi connectivity index (χ2v) is 4.95. The van der Waals surface area contributed by atoms with Gasteiger partial charge in [0.05, 0.1) is 7.11 Å². The second kappa shape index (κ2) is 6.98. The lowest BCUT2D eigenvalue weighted by atomic mass is 9.93. The lowest BCUT2D eigenvalue weighted by Gasteiger charge is -2.15. The van der Waals surface area contributed by atoms with Crippen molar-refractivity contribution >= 4 is 5.91 Å². The number of carbonyl (C=O) groups is 1. The Labute approximate surface area is 114 Å². The average Bonchev–Trinajstić information content (AvgIpc) is 2.47. The first kappa shape index (κ1) is 13.7. The summed E-state index contributed by atoms with van der Waals surface area (Å²) in [4.78, 5) is 11.8. The molecule has 0 spiro atoms. The van der Waals surface area contributed by atoms with Crippen LogP contribution < -0.4 is 10.1 Å². The normalized spacial score (nSPS) is 18.1. The van der Waals surface area contributed by atoms with Gasteiger partial charge in [-0.1, -0.05) is 24.3 Å². The van der Waals surface area contributed by atoms with Crippen LogP contribution in [0.4, 0.5) is 0 Å². The van der Waals surface area contributed by atoms with Gasteiger partial charge in [-0.15, -0.1) is 0 Å². The van der Waals surface area contributed by atoms with Crippen LogP contribution in [0.2, 0.25) is 0 Å². The van der Waals surface area contributed by atoms with Gasteiger partial charge in [-0.05, 0) is 42.9 Å². The Morgan fingerprint density at radius 3 is 2.79 bits per heavy atom. The topological polar surface area (TPSA) is 38.3 Å². The molecule has 1 aliphatic carbocycles. The number of nitrogens with one attached hydrogen (secondary N) is 1. The van der Waals surface area contributed by atoms with E-state index in [1.54, 1.807) is 7.11 Å². The zero-order valence-electron chi connectivity index (χ0n) is 11.4. The van der Waals surface area contributed by atoms with Gasteiger partial charge in [0.2, 0.25) is 5.91 Å². The molecule has 0 radical (unpaired) electrons. The van der Waals surface area contributed by atoms with Crippen molar-refractivity contribution in [1.82, 2.24) is 5.32 Å². The maximum absolute atomic E-state index is 11.8. The van der Waals surface area contributed by atoms with Crippen LogP contribution in [0.25, 0.3) is 0 Å². The number of allylic oxidation sites excluding steroid dienone is 2. The van der Waals surface area contributed by atoms with Crippen molar-refractivity contribution in [2.45, 2.75) is 32.2 Å². The highest BCUT2D eigenvalue weighted by molar-refractivity contribution is 5.76. The van der Waals surface area contributed by atoms with E-state index in [1.807, 2.05) is 24.3 Å². The molecule has 19 heavy (non-hydrogen) atoms. The van der Waals surface area contributed by atoms with Gasteiger partial charge in [0.25, 0.3) is 0 Å². The first-order valence-electron chi connectivity index (χ1n) is 6.84. The SMILES string of the molecule is COc1ccc(CNC(=O)CC2C=CCCC2)cc1. The van der Waals surface area contributed by atoms with E-state index >= 15 is 0 Å². The van der Waals surface area contributed by atoms with Crippen molar-refractivity contribution in [2.24, 2.45) is 5.92 Å². The highest BCUT2D eigenvalue weighted by Crippen LogP contribution is 2.20. The highest BCUT2D eigenvalue weighted by atomic mass is 16.5. The minimum atomic E-state index is 0.132. The van der Waals surface area contributed by atoms with E-state index in [-0.39, 0.29) is 5.91 Å². The Bertz CT molecular complexity index is 437. The Morgan fingerprint density at radius 2 is 2.16 bits per heavy atom. The van der Waals surface area contributed by atoms with E-state index in [0.717, 1.165) is 24.2 Å². The number of hydrogen-bond acceptors (Lipinski definition) is 2. The van der Waals surface area contributed by atoms with E-state index < -0.39 is 0 Å². The molecule has 3 heteroatoms. The molecule has 0 bridgehead atoms. The fraction of sp³-hybridized carbons (Fsp3) is 0.438. The molecule has 1 amide bonds. The summed E-state index contributed by atoms with van der Waals surface area (Å²) in [7, 11) is 1.65. The van der Waals surface area contributed by atoms with E-state index in [0.29, 0.717) is 18.9 Å². The predicted molar refractivity (Wildman–Crippen MR) is 75.9 cm³/mol. The van der Waals surface area contributed by atoms with Gasteiger partial charge in [0, 0.05) is 13.0 Å². The van der Waals surface area contributed by atoms with Crippen LogP contribution in [0.15, 0.2) is 36.4 Å². The standard InChI is InChI=1S/C16H21NO2/c1-19-15-9-7-14(8-10-15)12-17-16(18)11-13-5-3-2-4-6-13/h3,5,7-10,13H,2,4,6,11-12H2,1H3,(H,17,18). The molecule has 0 saturated heterocycles. The molecule has 1 atom stereocenters. The number of hydrogen-bond donors (Lipinski definition) is 1. The third-order valence-electron chi connectivity index (χ3n) is 3.45. The van der Waals surface area contributed by atoms with Gasteiger partial charge in [-0.2, -0.15) is 0 Å². The van der Waals surface area contributed by atoms with E-state index in [9.17, 15) is 4.79 Å². The summed E-state index contributed by atoms with van der Waals surface area (Å²) in [5.41, 5.74) is 1.09. The zero-order chi connectivity index (χ0) is 13.5. The predicted octanol–water partition coefficient (Wildman–Crippen LogP) is 3.06. The van der Waals surface area contributed by atoms with Crippen molar-refractivity contribution in [3.05, 3.63) is 42.0 Å². The maximum atomic E-state index is 11.8. The summed E-state index contributed by atoms with van der Waals surface area (Å²) in [5, 5.41) is 2.97. The average molecular weight is 259 g/mol. The highest BCUT2D eigenvalue weighted by Gasteiger charge is 2.12. The Hall–Kier alpha value is -1.77. The largest absolute Gasteiger partial charge is 0.497 e. The number of rotatable bonds is 5. The smallest absolute Gasteiger partial charge is 0.220 e. The number of amides is 1. The van der Waals surface area contributed by atoms with Crippen LogP contribution in [0, 0.1) is 5.92 Å². The number of benzene rings is 1. The Morgan fingerprint density at radius 1 is 1.37 bits per heavy atom. The van der Waals surface area contributed by atoms with Gasteiger partial charge < -0.3 is 10.1 Å². The summed E-state index contributed by atoms with van der Waals surface area (Å²) in [6.45, 7) is 0.583. The molecule has 1 N–H and O–H groups in total. The van der Waals surface area contributed by atoms with Crippen LogP contribution >= 0.6 is 0 Å². The minimum Gasteiger partial charge on any atom is -0.497 e. The third-order valence-corrected chi connectivity index (χ3v) is 3.45. The molecule has 0 saturated carbocycles. The van der Waals surface area contributed by atoms with Crippen molar-refractivity contribution in [2.75, 3.05) is 7.11 Å². The summed E-state index contributed by atoms with van der Waals surface area (Å²) in [6.07, 6.45) is 8.46. The van der Waals surface area contributed by atoms with E-state index in [2.05, 4.69) is 17.5 Å². The van der Waals surface area contributed by atoms with Crippen molar-refractivity contribution in [3.63, 3.8) is 0 Å². The maximum Gasteiger partial charge on any atom is 0.220 e. The molecule has 3 nitrogen and oxygen atoms in total. The molecule has 0 aromatic heterocycles. The van der Waals surface area contributed by atoms with E-state index in [1.165, 1.54) is 6.42 Å². The van der Waals surface area contributed by atoms with E-state index in [4.69, 9.17) is 4.74 Å². The summed E-state index contributed by atoms with van der Waals surface area (Å²) in [6, 6.07) is 7.76.